The molecule has 0 aliphatic heterocycles. The molecule has 0 spiro atoms. The summed E-state index contributed by atoms with van der Waals surface area (Å²) >= 11 is 3.44. The third-order valence-corrected chi connectivity index (χ3v) is 3.07. The fourth-order valence-electron chi connectivity index (χ4n) is 1.85. The van der Waals surface area contributed by atoms with Crippen LogP contribution in [0.3, 0.4) is 0 Å². The van der Waals surface area contributed by atoms with Crippen LogP contribution in [0.25, 0.3) is 0 Å². The average Bonchev–Trinajstić information content (AvgIpc) is 2.39. The smallest absolute Gasteiger partial charge is 0.115 e. The van der Waals surface area contributed by atoms with Gasteiger partial charge in [-0.05, 0) is 40.5 Å². The summed E-state index contributed by atoms with van der Waals surface area (Å²) in [6.07, 6.45) is 9.80. The van der Waals surface area contributed by atoms with Crippen LogP contribution in [0.5, 0.6) is 0 Å². The van der Waals surface area contributed by atoms with Crippen LogP contribution in [0, 0.1) is 0 Å². The van der Waals surface area contributed by atoms with Gasteiger partial charge in [-0.2, -0.15) is 0 Å². The molecule has 94 valence electrons. The molecule has 18 heavy (non-hydrogen) atoms. The molecule has 0 aromatic carbocycles. The quantitative estimate of drug-likeness (QED) is 0.922. The summed E-state index contributed by atoms with van der Waals surface area (Å²) in [5, 5.41) is 3.44. The van der Waals surface area contributed by atoms with Gasteiger partial charge < -0.3 is 5.32 Å². The number of pyridine rings is 1. The second-order valence-electron chi connectivity index (χ2n) is 4.00. The topological polar surface area (TPSA) is 50.7 Å². The molecule has 0 saturated heterocycles. The number of hydrogen-bond donors (Lipinski definition) is 1. The Labute approximate surface area is 115 Å². The van der Waals surface area contributed by atoms with E-state index in [1.807, 2.05) is 18.6 Å². The maximum Gasteiger partial charge on any atom is 0.115 e. The van der Waals surface area contributed by atoms with Gasteiger partial charge in [0.15, 0.2) is 0 Å². The van der Waals surface area contributed by atoms with Crippen LogP contribution in [0.15, 0.2) is 41.7 Å². The molecule has 2 aromatic rings. The van der Waals surface area contributed by atoms with Crippen LogP contribution in [0.1, 0.15) is 24.1 Å². The van der Waals surface area contributed by atoms with E-state index in [-0.39, 0.29) is 6.04 Å². The molecule has 2 heterocycles. The lowest BCUT2D eigenvalue weighted by molar-refractivity contribution is 0.545. The Morgan fingerprint density at radius 3 is 2.61 bits per heavy atom. The van der Waals surface area contributed by atoms with E-state index < -0.39 is 0 Å². The molecule has 0 saturated carbocycles. The van der Waals surface area contributed by atoms with E-state index >= 15 is 0 Å². The van der Waals surface area contributed by atoms with Gasteiger partial charge in [0.05, 0.1) is 0 Å². The van der Waals surface area contributed by atoms with Gasteiger partial charge in [0, 0.05) is 40.9 Å². The number of halogens is 1. The Hall–Kier alpha value is -1.33. The van der Waals surface area contributed by atoms with E-state index in [1.54, 1.807) is 12.5 Å². The van der Waals surface area contributed by atoms with Crippen molar-refractivity contribution in [1.29, 1.82) is 0 Å². The van der Waals surface area contributed by atoms with Crippen LogP contribution in [0.4, 0.5) is 0 Å². The van der Waals surface area contributed by atoms with Gasteiger partial charge in [0.1, 0.15) is 6.33 Å². The Bertz CT molecular complexity index is 489. The summed E-state index contributed by atoms with van der Waals surface area (Å²) in [6, 6.07) is 2.30. The van der Waals surface area contributed by atoms with Gasteiger partial charge in [-0.25, -0.2) is 9.97 Å². The number of nitrogens with zero attached hydrogens (tertiary/aromatic N) is 3. The van der Waals surface area contributed by atoms with Crippen molar-refractivity contribution in [2.75, 3.05) is 6.54 Å². The summed E-state index contributed by atoms with van der Waals surface area (Å²) < 4.78 is 1.000. The number of rotatable bonds is 5. The minimum Gasteiger partial charge on any atom is -0.310 e. The largest absolute Gasteiger partial charge is 0.310 e. The Balaban J connectivity index is 2.16. The molecule has 1 N–H and O–H groups in total. The fourth-order valence-corrected chi connectivity index (χ4v) is 2.26. The van der Waals surface area contributed by atoms with Gasteiger partial charge in [-0.15, -0.1) is 0 Å². The average molecular weight is 307 g/mol. The molecular formula is C13H15BrN4. The summed E-state index contributed by atoms with van der Waals surface area (Å²) in [6.45, 7) is 3.00. The number of likely N-dealkylation sites (N-methyl/N-ethyl adjacent to an activating group) is 1. The number of nitrogens with one attached hydrogen (secondary N) is 1. The molecule has 0 aliphatic carbocycles. The lowest BCUT2D eigenvalue weighted by atomic mass is 10.0. The third-order valence-electron chi connectivity index (χ3n) is 2.63. The summed E-state index contributed by atoms with van der Waals surface area (Å²) in [5.74, 6) is 0. The highest BCUT2D eigenvalue weighted by Crippen LogP contribution is 2.18. The molecule has 1 atom stereocenters. The SMILES string of the molecule is CCNC(Cc1cncc(Br)c1)c1cncnc1. The maximum absolute atomic E-state index is 4.19. The van der Waals surface area contributed by atoms with Crippen molar-refractivity contribution in [3.8, 4) is 0 Å². The van der Waals surface area contributed by atoms with Crippen LogP contribution < -0.4 is 5.32 Å². The fraction of sp³-hybridized carbons (Fsp3) is 0.308. The van der Waals surface area contributed by atoms with Crippen molar-refractivity contribution in [1.82, 2.24) is 20.3 Å². The number of hydrogen-bond acceptors (Lipinski definition) is 4. The first-order chi connectivity index (χ1) is 8.79. The second-order valence-corrected chi connectivity index (χ2v) is 4.91. The zero-order chi connectivity index (χ0) is 12.8. The summed E-state index contributed by atoms with van der Waals surface area (Å²) in [5.41, 5.74) is 2.28. The molecule has 0 amide bonds. The predicted molar refractivity (Wildman–Crippen MR) is 74.1 cm³/mol. The highest BCUT2D eigenvalue weighted by atomic mass is 79.9. The first-order valence-corrected chi connectivity index (χ1v) is 6.66. The molecule has 2 rings (SSSR count). The van der Waals surface area contributed by atoms with Crippen molar-refractivity contribution in [3.63, 3.8) is 0 Å². The molecular weight excluding hydrogens is 292 g/mol. The zero-order valence-corrected chi connectivity index (χ0v) is 11.8. The lowest BCUT2D eigenvalue weighted by Gasteiger charge is -2.17. The molecule has 0 aliphatic rings. The van der Waals surface area contributed by atoms with E-state index in [4.69, 9.17) is 0 Å². The van der Waals surface area contributed by atoms with Crippen molar-refractivity contribution >= 4 is 15.9 Å². The van der Waals surface area contributed by atoms with Crippen molar-refractivity contribution < 1.29 is 0 Å². The predicted octanol–water partition coefficient (Wildman–Crippen LogP) is 2.53. The minimum atomic E-state index is 0.215. The van der Waals surface area contributed by atoms with Crippen LogP contribution >= 0.6 is 15.9 Å². The molecule has 5 heteroatoms. The second kappa shape index (κ2) is 6.56. The summed E-state index contributed by atoms with van der Waals surface area (Å²) in [4.78, 5) is 12.3. The van der Waals surface area contributed by atoms with Gasteiger partial charge in [0.2, 0.25) is 0 Å². The first kappa shape index (κ1) is 13.1. The number of aromatic nitrogens is 3. The molecule has 0 radical (unpaired) electrons. The van der Waals surface area contributed by atoms with Crippen LogP contribution in [-0.2, 0) is 6.42 Å². The van der Waals surface area contributed by atoms with Crippen LogP contribution in [-0.4, -0.2) is 21.5 Å². The van der Waals surface area contributed by atoms with E-state index in [1.165, 1.54) is 5.56 Å². The van der Waals surface area contributed by atoms with E-state index in [0.29, 0.717) is 0 Å². The standard InChI is InChI=1S/C13H15BrN4/c1-2-18-13(11-6-16-9-17-7-11)4-10-3-12(14)8-15-5-10/h3,5-9,13,18H,2,4H2,1H3. The molecule has 0 fully saturated rings. The Morgan fingerprint density at radius 1 is 1.17 bits per heavy atom. The minimum absolute atomic E-state index is 0.215. The molecule has 0 bridgehead atoms. The highest BCUT2D eigenvalue weighted by molar-refractivity contribution is 9.10. The maximum atomic E-state index is 4.19. The first-order valence-electron chi connectivity index (χ1n) is 5.87. The van der Waals surface area contributed by atoms with E-state index in [9.17, 15) is 0 Å². The van der Waals surface area contributed by atoms with E-state index in [0.717, 1.165) is 23.0 Å². The molecule has 1 unspecified atom stereocenters. The van der Waals surface area contributed by atoms with Gasteiger partial charge in [-0.1, -0.05) is 6.92 Å². The molecule has 2 aromatic heterocycles. The highest BCUT2D eigenvalue weighted by Gasteiger charge is 2.12. The van der Waals surface area contributed by atoms with E-state index in [2.05, 4.69) is 49.2 Å². The molecule has 4 nitrogen and oxygen atoms in total. The zero-order valence-electron chi connectivity index (χ0n) is 10.2. The van der Waals surface area contributed by atoms with Gasteiger partial charge in [-0.3, -0.25) is 4.98 Å². The van der Waals surface area contributed by atoms with Crippen molar-refractivity contribution in [2.45, 2.75) is 19.4 Å². The Morgan fingerprint density at radius 2 is 1.94 bits per heavy atom. The summed E-state index contributed by atoms with van der Waals surface area (Å²) in [7, 11) is 0. The lowest BCUT2D eigenvalue weighted by Crippen LogP contribution is -2.23. The van der Waals surface area contributed by atoms with Crippen LogP contribution in [0.2, 0.25) is 0 Å². The van der Waals surface area contributed by atoms with Crippen molar-refractivity contribution in [2.24, 2.45) is 0 Å². The van der Waals surface area contributed by atoms with Crippen molar-refractivity contribution in [3.05, 3.63) is 52.8 Å². The Kier molecular flexibility index (Phi) is 4.78. The normalized spacial score (nSPS) is 12.3. The monoisotopic (exact) mass is 306 g/mol. The van der Waals surface area contributed by atoms with Gasteiger partial charge >= 0.3 is 0 Å². The third kappa shape index (κ3) is 3.58. The van der Waals surface area contributed by atoms with Gasteiger partial charge in [0.25, 0.3) is 0 Å².